The summed E-state index contributed by atoms with van der Waals surface area (Å²) in [4.78, 5) is 17.5. The van der Waals surface area contributed by atoms with Crippen LogP contribution in [0.2, 0.25) is 0 Å². The van der Waals surface area contributed by atoms with Crippen molar-refractivity contribution in [2.24, 2.45) is 0 Å². The van der Waals surface area contributed by atoms with Crippen molar-refractivity contribution >= 4 is 17.3 Å². The van der Waals surface area contributed by atoms with Crippen molar-refractivity contribution < 1.29 is 9.53 Å². The van der Waals surface area contributed by atoms with Crippen LogP contribution in [0.4, 0.5) is 11.4 Å². The van der Waals surface area contributed by atoms with Crippen LogP contribution in [0.25, 0.3) is 0 Å². The summed E-state index contributed by atoms with van der Waals surface area (Å²) in [5.41, 5.74) is 5.55. The number of carbonyl (C=O) groups excluding carboxylic acids is 1. The van der Waals surface area contributed by atoms with Crippen molar-refractivity contribution in [1.82, 2.24) is 4.90 Å². The highest BCUT2D eigenvalue weighted by Crippen LogP contribution is 2.24. The molecular weight excluding hydrogens is 350 g/mol. The molecule has 28 heavy (non-hydrogen) atoms. The van der Waals surface area contributed by atoms with E-state index in [1.165, 1.54) is 11.3 Å². The molecule has 3 rings (SSSR count). The van der Waals surface area contributed by atoms with Gasteiger partial charge in [0.1, 0.15) is 5.75 Å². The molecule has 5 nitrogen and oxygen atoms in total. The molecule has 0 spiro atoms. The minimum absolute atomic E-state index is 0.0601. The first kappa shape index (κ1) is 20.2. The molecule has 150 valence electrons. The Labute approximate surface area is 168 Å². The normalized spacial score (nSPS) is 16.0. The van der Waals surface area contributed by atoms with Gasteiger partial charge in [-0.25, -0.2) is 0 Å². The molecule has 1 saturated heterocycles. The molecule has 0 radical (unpaired) electrons. The molecule has 1 aliphatic rings. The maximum Gasteiger partial charge on any atom is 0.241 e. The lowest BCUT2D eigenvalue weighted by Gasteiger charge is -2.38. The number of nitrogens with one attached hydrogen (secondary N) is 1. The molecule has 1 N–H and O–H groups in total. The number of hydrogen-bond donors (Lipinski definition) is 1. The molecule has 1 heterocycles. The Morgan fingerprint density at radius 1 is 1.04 bits per heavy atom. The molecular formula is C23H31N3O2. The van der Waals surface area contributed by atoms with Gasteiger partial charge < -0.3 is 15.0 Å². The number of nitrogens with zero attached hydrogens (tertiary/aromatic N) is 2. The van der Waals surface area contributed by atoms with E-state index in [-0.39, 0.29) is 11.9 Å². The molecule has 2 aromatic rings. The van der Waals surface area contributed by atoms with E-state index in [2.05, 4.69) is 46.3 Å². The molecule has 0 aliphatic carbocycles. The van der Waals surface area contributed by atoms with Crippen LogP contribution in [-0.4, -0.2) is 50.1 Å². The van der Waals surface area contributed by atoms with Crippen LogP contribution >= 0.6 is 0 Å². The minimum atomic E-state index is -0.160. The number of rotatable bonds is 5. The molecule has 5 heteroatoms. The number of methoxy groups -OCH3 is 1. The van der Waals surface area contributed by atoms with Crippen LogP contribution in [-0.2, 0) is 4.79 Å². The summed E-state index contributed by atoms with van der Waals surface area (Å²) in [7, 11) is 1.69. The quantitative estimate of drug-likeness (QED) is 0.856. The Hall–Kier alpha value is -2.53. The van der Waals surface area contributed by atoms with Gasteiger partial charge >= 0.3 is 0 Å². The topological polar surface area (TPSA) is 44.8 Å². The van der Waals surface area contributed by atoms with Gasteiger partial charge in [-0.2, -0.15) is 0 Å². The van der Waals surface area contributed by atoms with Gasteiger partial charge in [-0.3, -0.25) is 9.69 Å². The van der Waals surface area contributed by atoms with Crippen LogP contribution in [0.5, 0.6) is 5.75 Å². The first-order valence-corrected chi connectivity index (χ1v) is 9.91. The molecule has 0 bridgehead atoms. The third-order valence-electron chi connectivity index (χ3n) is 5.59. The largest absolute Gasteiger partial charge is 0.497 e. The van der Waals surface area contributed by atoms with Gasteiger partial charge in [-0.1, -0.05) is 23.8 Å². The summed E-state index contributed by atoms with van der Waals surface area (Å²) in [5.74, 6) is 0.932. The van der Waals surface area contributed by atoms with Crippen LogP contribution in [0.1, 0.15) is 23.6 Å². The van der Waals surface area contributed by atoms with Gasteiger partial charge in [-0.15, -0.1) is 0 Å². The Morgan fingerprint density at radius 2 is 1.68 bits per heavy atom. The molecule has 1 amide bonds. The first-order valence-electron chi connectivity index (χ1n) is 9.91. The molecule has 1 fully saturated rings. The van der Waals surface area contributed by atoms with E-state index in [0.29, 0.717) is 0 Å². The van der Waals surface area contributed by atoms with Crippen molar-refractivity contribution in [3.8, 4) is 5.75 Å². The van der Waals surface area contributed by atoms with Crippen LogP contribution in [0.15, 0.2) is 36.4 Å². The average molecular weight is 382 g/mol. The van der Waals surface area contributed by atoms with Crippen molar-refractivity contribution in [3.05, 3.63) is 53.1 Å². The summed E-state index contributed by atoms with van der Waals surface area (Å²) in [6, 6.07) is 12.2. The molecule has 0 aromatic heterocycles. The van der Waals surface area contributed by atoms with E-state index in [9.17, 15) is 4.79 Å². The summed E-state index contributed by atoms with van der Waals surface area (Å²) in [5, 5.41) is 3.15. The van der Waals surface area contributed by atoms with Crippen LogP contribution < -0.4 is 15.0 Å². The van der Waals surface area contributed by atoms with Crippen molar-refractivity contribution in [3.63, 3.8) is 0 Å². The van der Waals surface area contributed by atoms with E-state index >= 15 is 0 Å². The lowest BCUT2D eigenvalue weighted by atomic mass is 10.0. The standard InChI is InChI=1S/C23H31N3O2/c1-16-13-17(2)22(18(3)14-16)24-23(27)19(4)25-9-11-26(12-10-25)20-7-6-8-21(15-20)28-5/h6-8,13-15,19H,9-12H2,1-5H3,(H,24,27)/t19-/m0/s1. The summed E-state index contributed by atoms with van der Waals surface area (Å²) in [6.45, 7) is 11.7. The second-order valence-corrected chi connectivity index (χ2v) is 7.66. The van der Waals surface area contributed by atoms with Gasteiger partial charge in [0.2, 0.25) is 5.91 Å². The fourth-order valence-corrected chi connectivity index (χ4v) is 3.95. The second kappa shape index (κ2) is 8.65. The Kier molecular flexibility index (Phi) is 6.25. The lowest BCUT2D eigenvalue weighted by Crippen LogP contribution is -2.52. The summed E-state index contributed by atoms with van der Waals surface area (Å²) >= 11 is 0. The van der Waals surface area contributed by atoms with E-state index < -0.39 is 0 Å². The van der Waals surface area contributed by atoms with Gasteiger partial charge in [0, 0.05) is 43.6 Å². The predicted octanol–water partition coefficient (Wildman–Crippen LogP) is 3.77. The third kappa shape index (κ3) is 4.47. The van der Waals surface area contributed by atoms with Gasteiger partial charge in [-0.05, 0) is 51.0 Å². The SMILES string of the molecule is COc1cccc(N2CCN([C@@H](C)C(=O)Nc3c(C)cc(C)cc3C)CC2)c1. The van der Waals surface area contributed by atoms with Crippen molar-refractivity contribution in [2.45, 2.75) is 33.7 Å². The molecule has 0 saturated carbocycles. The van der Waals surface area contributed by atoms with Gasteiger partial charge in [0.25, 0.3) is 0 Å². The predicted molar refractivity (Wildman–Crippen MR) is 116 cm³/mol. The number of piperazine rings is 1. The minimum Gasteiger partial charge on any atom is -0.497 e. The number of benzene rings is 2. The van der Waals surface area contributed by atoms with Crippen molar-refractivity contribution in [1.29, 1.82) is 0 Å². The fraction of sp³-hybridized carbons (Fsp3) is 0.435. The van der Waals surface area contributed by atoms with Gasteiger partial charge in [0.15, 0.2) is 0 Å². The zero-order chi connectivity index (χ0) is 20.3. The van der Waals surface area contributed by atoms with Crippen LogP contribution in [0, 0.1) is 20.8 Å². The Bertz CT molecular complexity index is 818. The van der Waals surface area contributed by atoms with E-state index in [1.807, 2.05) is 32.9 Å². The number of amides is 1. The number of ether oxygens (including phenoxy) is 1. The maximum atomic E-state index is 12.9. The molecule has 1 aliphatic heterocycles. The average Bonchev–Trinajstić information content (AvgIpc) is 2.70. The third-order valence-corrected chi connectivity index (χ3v) is 5.59. The highest BCUT2D eigenvalue weighted by molar-refractivity contribution is 5.96. The number of hydrogen-bond acceptors (Lipinski definition) is 4. The summed E-state index contributed by atoms with van der Waals surface area (Å²) in [6.07, 6.45) is 0. The van der Waals surface area contributed by atoms with E-state index in [4.69, 9.17) is 4.74 Å². The Balaban J connectivity index is 1.60. The Morgan fingerprint density at radius 3 is 2.29 bits per heavy atom. The highest BCUT2D eigenvalue weighted by Gasteiger charge is 2.26. The molecule has 0 unspecified atom stereocenters. The smallest absolute Gasteiger partial charge is 0.241 e. The fourth-order valence-electron chi connectivity index (χ4n) is 3.95. The maximum absolute atomic E-state index is 12.9. The monoisotopic (exact) mass is 381 g/mol. The van der Waals surface area contributed by atoms with Crippen molar-refractivity contribution in [2.75, 3.05) is 43.5 Å². The zero-order valence-corrected chi connectivity index (χ0v) is 17.6. The molecule has 1 atom stereocenters. The first-order chi connectivity index (χ1) is 13.4. The lowest BCUT2D eigenvalue weighted by molar-refractivity contribution is -0.120. The number of anilines is 2. The number of carbonyl (C=O) groups is 1. The molecule has 2 aromatic carbocycles. The highest BCUT2D eigenvalue weighted by atomic mass is 16.5. The zero-order valence-electron chi connectivity index (χ0n) is 17.6. The van der Waals surface area contributed by atoms with Crippen LogP contribution in [0.3, 0.4) is 0 Å². The summed E-state index contributed by atoms with van der Waals surface area (Å²) < 4.78 is 5.33. The van der Waals surface area contributed by atoms with Gasteiger partial charge in [0.05, 0.1) is 13.2 Å². The number of aryl methyl sites for hydroxylation is 3. The van der Waals surface area contributed by atoms with E-state index in [1.54, 1.807) is 7.11 Å². The van der Waals surface area contributed by atoms with E-state index in [0.717, 1.165) is 48.7 Å². The second-order valence-electron chi connectivity index (χ2n) is 7.66.